The maximum atomic E-state index is 13.0. The van der Waals surface area contributed by atoms with E-state index < -0.39 is 5.82 Å². The fourth-order valence-electron chi connectivity index (χ4n) is 1.38. The third-order valence-electron chi connectivity index (χ3n) is 2.76. The highest BCUT2D eigenvalue weighted by Crippen LogP contribution is 2.21. The monoisotopic (exact) mass is 259 g/mol. The molecule has 96 valence electrons. The largest absolute Gasteiger partial charge is 0.396 e. The Kier molecular flexibility index (Phi) is 4.92. The van der Waals surface area contributed by atoms with Gasteiger partial charge < -0.3 is 10.4 Å². The fourth-order valence-corrected chi connectivity index (χ4v) is 1.57. The van der Waals surface area contributed by atoms with Gasteiger partial charge in [0, 0.05) is 24.6 Å². The molecule has 0 saturated heterocycles. The molecule has 0 aliphatic heterocycles. The summed E-state index contributed by atoms with van der Waals surface area (Å²) in [4.78, 5) is 0. The number of halogens is 2. The number of nitrogens with one attached hydrogen (secondary N) is 1. The van der Waals surface area contributed by atoms with Crippen LogP contribution in [0.5, 0.6) is 0 Å². The number of hydrogen-bond acceptors (Lipinski definition) is 2. The zero-order chi connectivity index (χ0) is 13.1. The van der Waals surface area contributed by atoms with E-state index in [1.807, 2.05) is 20.8 Å². The number of aliphatic hydroxyl groups excluding tert-OH is 1. The third kappa shape index (κ3) is 4.26. The predicted octanol–water partition coefficient (Wildman–Crippen LogP) is 3.15. The van der Waals surface area contributed by atoms with Crippen LogP contribution in [0.1, 0.15) is 32.4 Å². The predicted molar refractivity (Wildman–Crippen MR) is 68.7 cm³/mol. The van der Waals surface area contributed by atoms with Crippen LogP contribution in [-0.4, -0.2) is 18.3 Å². The first-order valence-corrected chi connectivity index (χ1v) is 6.03. The van der Waals surface area contributed by atoms with E-state index in [0.29, 0.717) is 6.54 Å². The highest BCUT2D eigenvalue weighted by Gasteiger charge is 2.17. The first kappa shape index (κ1) is 14.4. The number of aliphatic hydroxyl groups is 1. The quantitative estimate of drug-likeness (QED) is 0.851. The van der Waals surface area contributed by atoms with Crippen molar-refractivity contribution in [1.82, 2.24) is 5.32 Å². The van der Waals surface area contributed by atoms with Gasteiger partial charge in [-0.25, -0.2) is 4.39 Å². The molecular weight excluding hydrogens is 241 g/mol. The molecule has 1 rings (SSSR count). The van der Waals surface area contributed by atoms with Crippen molar-refractivity contribution in [1.29, 1.82) is 0 Å². The van der Waals surface area contributed by atoms with Crippen molar-refractivity contribution in [2.45, 2.75) is 26.8 Å². The lowest BCUT2D eigenvalue weighted by molar-refractivity contribution is 0.154. The summed E-state index contributed by atoms with van der Waals surface area (Å²) in [6.07, 6.45) is 0. The lowest BCUT2D eigenvalue weighted by atomic mass is 9.94. The molecule has 2 N–H and O–H groups in total. The van der Waals surface area contributed by atoms with Gasteiger partial charge in [0.2, 0.25) is 0 Å². The van der Waals surface area contributed by atoms with Crippen molar-refractivity contribution in [2.24, 2.45) is 5.41 Å². The summed E-state index contributed by atoms with van der Waals surface area (Å²) in [6, 6.07) is 4.78. The standard InChI is InChI=1S/C13H19ClFNO/c1-9(16-7-13(2,3)8-17)10-4-5-12(15)11(14)6-10/h4-6,9,16-17H,7-8H2,1-3H3. The summed E-state index contributed by atoms with van der Waals surface area (Å²) in [5.74, 6) is -0.404. The van der Waals surface area contributed by atoms with Gasteiger partial charge in [-0.2, -0.15) is 0 Å². The number of hydrogen-bond donors (Lipinski definition) is 2. The van der Waals surface area contributed by atoms with Crippen molar-refractivity contribution >= 4 is 11.6 Å². The zero-order valence-corrected chi connectivity index (χ0v) is 11.2. The molecule has 0 aliphatic rings. The normalized spacial score (nSPS) is 13.8. The topological polar surface area (TPSA) is 32.3 Å². The minimum Gasteiger partial charge on any atom is -0.396 e. The Hall–Kier alpha value is -0.640. The Balaban J connectivity index is 2.64. The highest BCUT2D eigenvalue weighted by molar-refractivity contribution is 6.30. The van der Waals surface area contributed by atoms with Crippen LogP contribution in [-0.2, 0) is 0 Å². The van der Waals surface area contributed by atoms with Gasteiger partial charge in [-0.3, -0.25) is 0 Å². The van der Waals surface area contributed by atoms with Crippen molar-refractivity contribution in [3.05, 3.63) is 34.6 Å². The molecule has 17 heavy (non-hydrogen) atoms. The summed E-state index contributed by atoms with van der Waals surface area (Å²) in [5, 5.41) is 12.6. The second kappa shape index (κ2) is 5.80. The van der Waals surface area contributed by atoms with Crippen LogP contribution in [0.2, 0.25) is 5.02 Å². The van der Waals surface area contributed by atoms with Gasteiger partial charge >= 0.3 is 0 Å². The Labute approximate surface area is 107 Å². The Bertz CT molecular complexity index is 382. The molecule has 0 bridgehead atoms. The van der Waals surface area contributed by atoms with E-state index in [4.69, 9.17) is 16.7 Å². The van der Waals surface area contributed by atoms with Crippen LogP contribution >= 0.6 is 11.6 Å². The van der Waals surface area contributed by atoms with Gasteiger partial charge in [0.1, 0.15) is 5.82 Å². The summed E-state index contributed by atoms with van der Waals surface area (Å²) in [5.41, 5.74) is 0.767. The van der Waals surface area contributed by atoms with E-state index >= 15 is 0 Å². The minimum absolute atomic E-state index is 0.0684. The van der Waals surface area contributed by atoms with Crippen LogP contribution in [0.4, 0.5) is 4.39 Å². The first-order valence-electron chi connectivity index (χ1n) is 5.65. The Morgan fingerprint density at radius 3 is 2.65 bits per heavy atom. The summed E-state index contributed by atoms with van der Waals surface area (Å²) < 4.78 is 13.0. The molecule has 0 heterocycles. The van der Waals surface area contributed by atoms with E-state index in [0.717, 1.165) is 5.56 Å². The lowest BCUT2D eigenvalue weighted by Crippen LogP contribution is -2.33. The van der Waals surface area contributed by atoms with Crippen molar-refractivity contribution < 1.29 is 9.50 Å². The van der Waals surface area contributed by atoms with E-state index in [1.165, 1.54) is 6.07 Å². The molecule has 2 nitrogen and oxygen atoms in total. The second-order valence-electron chi connectivity index (χ2n) is 5.10. The molecule has 0 saturated carbocycles. The van der Waals surface area contributed by atoms with E-state index in [1.54, 1.807) is 12.1 Å². The average Bonchev–Trinajstić information content (AvgIpc) is 2.30. The lowest BCUT2D eigenvalue weighted by Gasteiger charge is -2.25. The van der Waals surface area contributed by atoms with Gasteiger partial charge in [0.05, 0.1) is 5.02 Å². The van der Waals surface area contributed by atoms with Crippen molar-refractivity contribution in [3.63, 3.8) is 0 Å². The summed E-state index contributed by atoms with van der Waals surface area (Å²) >= 11 is 5.73. The van der Waals surface area contributed by atoms with Crippen LogP contribution in [0.3, 0.4) is 0 Å². The molecule has 0 radical (unpaired) electrons. The van der Waals surface area contributed by atoms with Crippen molar-refractivity contribution in [3.8, 4) is 0 Å². The summed E-state index contributed by atoms with van der Waals surface area (Å²) in [6.45, 7) is 6.74. The van der Waals surface area contributed by atoms with Gasteiger partial charge in [-0.05, 0) is 24.6 Å². The summed E-state index contributed by atoms with van der Waals surface area (Å²) in [7, 11) is 0. The minimum atomic E-state index is -0.404. The van der Waals surface area contributed by atoms with Gasteiger partial charge in [-0.15, -0.1) is 0 Å². The second-order valence-corrected chi connectivity index (χ2v) is 5.51. The van der Waals surface area contributed by atoms with E-state index in [9.17, 15) is 4.39 Å². The third-order valence-corrected chi connectivity index (χ3v) is 3.05. The van der Waals surface area contributed by atoms with Gasteiger partial charge in [0.25, 0.3) is 0 Å². The van der Waals surface area contributed by atoms with Crippen LogP contribution < -0.4 is 5.32 Å². The molecule has 4 heteroatoms. The van der Waals surface area contributed by atoms with Crippen LogP contribution in [0.25, 0.3) is 0 Å². The molecule has 1 aromatic rings. The fraction of sp³-hybridized carbons (Fsp3) is 0.538. The molecule has 1 atom stereocenters. The number of benzene rings is 1. The van der Waals surface area contributed by atoms with Crippen LogP contribution in [0.15, 0.2) is 18.2 Å². The van der Waals surface area contributed by atoms with Crippen LogP contribution in [0, 0.1) is 11.2 Å². The van der Waals surface area contributed by atoms with E-state index in [-0.39, 0.29) is 23.1 Å². The Morgan fingerprint density at radius 1 is 1.47 bits per heavy atom. The number of rotatable bonds is 5. The molecular formula is C13H19ClFNO. The van der Waals surface area contributed by atoms with E-state index in [2.05, 4.69) is 5.32 Å². The van der Waals surface area contributed by atoms with Crippen molar-refractivity contribution in [2.75, 3.05) is 13.2 Å². The average molecular weight is 260 g/mol. The molecule has 0 spiro atoms. The molecule has 0 aromatic heterocycles. The molecule has 1 aromatic carbocycles. The van der Waals surface area contributed by atoms with Gasteiger partial charge in [-0.1, -0.05) is 31.5 Å². The SMILES string of the molecule is CC(NCC(C)(C)CO)c1ccc(F)c(Cl)c1. The van der Waals surface area contributed by atoms with Gasteiger partial charge in [0.15, 0.2) is 0 Å². The highest BCUT2D eigenvalue weighted by atomic mass is 35.5. The Morgan fingerprint density at radius 2 is 2.12 bits per heavy atom. The molecule has 0 amide bonds. The first-order chi connectivity index (χ1) is 7.85. The molecule has 0 aliphatic carbocycles. The zero-order valence-electron chi connectivity index (χ0n) is 10.4. The smallest absolute Gasteiger partial charge is 0.141 e. The maximum absolute atomic E-state index is 13.0. The molecule has 0 fully saturated rings. The molecule has 1 unspecified atom stereocenters. The maximum Gasteiger partial charge on any atom is 0.141 e.